The average Bonchev–Trinajstić information content (AvgIpc) is 2.95. The van der Waals surface area contributed by atoms with Crippen LogP contribution in [0.25, 0.3) is 0 Å². The number of hydrogen-bond donors (Lipinski definition) is 2. The van der Waals surface area contributed by atoms with Crippen molar-refractivity contribution in [3.63, 3.8) is 0 Å². The number of nitrogens with zero attached hydrogens (tertiary/aromatic N) is 1. The Bertz CT molecular complexity index is 446. The number of amides is 2. The summed E-state index contributed by atoms with van der Waals surface area (Å²) in [5, 5.41) is 13.9. The van der Waals surface area contributed by atoms with Crippen LogP contribution in [-0.2, 0) is 11.3 Å². The summed E-state index contributed by atoms with van der Waals surface area (Å²) in [5.41, 5.74) is -0.805. The van der Waals surface area contributed by atoms with Gasteiger partial charge in [-0.15, -0.1) is 11.3 Å². The Balaban J connectivity index is 1.86. The first kappa shape index (κ1) is 12.9. The SMILES string of the molecule is CC1(C(=O)O)CCN(C(=O)NCc2cccs2)C1. The molecule has 1 aliphatic rings. The minimum Gasteiger partial charge on any atom is -0.481 e. The van der Waals surface area contributed by atoms with E-state index < -0.39 is 11.4 Å². The molecule has 1 aromatic heterocycles. The van der Waals surface area contributed by atoms with Crippen LogP contribution in [0, 0.1) is 5.41 Å². The van der Waals surface area contributed by atoms with Crippen molar-refractivity contribution < 1.29 is 14.7 Å². The summed E-state index contributed by atoms with van der Waals surface area (Å²) in [6.07, 6.45) is 0.509. The molecule has 1 aliphatic heterocycles. The standard InChI is InChI=1S/C12H16N2O3S/c1-12(10(15)16)4-5-14(8-12)11(17)13-7-9-3-2-6-18-9/h2-3,6H,4-5,7-8H2,1H3,(H,13,17)(H,15,16). The second-order valence-electron chi connectivity index (χ2n) is 4.78. The fraction of sp³-hybridized carbons (Fsp3) is 0.500. The quantitative estimate of drug-likeness (QED) is 0.877. The van der Waals surface area contributed by atoms with Crippen LogP contribution in [0.1, 0.15) is 18.2 Å². The number of carboxylic acids is 1. The molecule has 1 atom stereocenters. The Morgan fingerprint density at radius 1 is 1.61 bits per heavy atom. The van der Waals surface area contributed by atoms with Gasteiger partial charge in [-0.2, -0.15) is 0 Å². The molecule has 1 saturated heterocycles. The highest BCUT2D eigenvalue weighted by atomic mass is 32.1. The van der Waals surface area contributed by atoms with Crippen LogP contribution < -0.4 is 5.32 Å². The van der Waals surface area contributed by atoms with Gasteiger partial charge in [-0.1, -0.05) is 6.07 Å². The third-order valence-electron chi connectivity index (χ3n) is 3.27. The molecule has 0 spiro atoms. The molecule has 0 aliphatic carbocycles. The van der Waals surface area contributed by atoms with Gasteiger partial charge in [-0.05, 0) is 24.8 Å². The first-order chi connectivity index (χ1) is 8.51. The topological polar surface area (TPSA) is 69.6 Å². The Morgan fingerprint density at radius 2 is 2.39 bits per heavy atom. The van der Waals surface area contributed by atoms with E-state index >= 15 is 0 Å². The number of carbonyl (C=O) groups is 2. The van der Waals surface area contributed by atoms with Gasteiger partial charge in [-0.25, -0.2) is 4.79 Å². The highest BCUT2D eigenvalue weighted by Crippen LogP contribution is 2.29. The highest BCUT2D eigenvalue weighted by molar-refractivity contribution is 7.09. The van der Waals surface area contributed by atoms with Crippen LogP contribution in [0.3, 0.4) is 0 Å². The van der Waals surface area contributed by atoms with E-state index in [2.05, 4.69) is 5.32 Å². The zero-order chi connectivity index (χ0) is 13.2. The summed E-state index contributed by atoms with van der Waals surface area (Å²) in [5.74, 6) is -0.837. The van der Waals surface area contributed by atoms with Crippen molar-refractivity contribution in [2.75, 3.05) is 13.1 Å². The first-order valence-corrected chi connectivity index (χ1v) is 6.68. The summed E-state index contributed by atoms with van der Waals surface area (Å²) in [4.78, 5) is 25.6. The Kier molecular flexibility index (Phi) is 3.56. The number of nitrogens with one attached hydrogen (secondary N) is 1. The van der Waals surface area contributed by atoms with Gasteiger partial charge in [0.2, 0.25) is 0 Å². The van der Waals surface area contributed by atoms with E-state index in [0.717, 1.165) is 4.88 Å². The average molecular weight is 268 g/mol. The van der Waals surface area contributed by atoms with Gasteiger partial charge < -0.3 is 15.3 Å². The van der Waals surface area contributed by atoms with Gasteiger partial charge >= 0.3 is 12.0 Å². The predicted octanol–water partition coefficient (Wildman–Crippen LogP) is 1.75. The van der Waals surface area contributed by atoms with Crippen molar-refractivity contribution in [1.82, 2.24) is 10.2 Å². The molecule has 0 saturated carbocycles. The van der Waals surface area contributed by atoms with Crippen LogP contribution >= 0.6 is 11.3 Å². The number of hydrogen-bond acceptors (Lipinski definition) is 3. The molecule has 2 amide bonds. The van der Waals surface area contributed by atoms with Crippen molar-refractivity contribution in [2.24, 2.45) is 5.41 Å². The van der Waals surface area contributed by atoms with Gasteiger partial charge in [0.1, 0.15) is 0 Å². The van der Waals surface area contributed by atoms with Gasteiger partial charge in [0.05, 0.1) is 12.0 Å². The Morgan fingerprint density at radius 3 is 2.94 bits per heavy atom. The van der Waals surface area contributed by atoms with E-state index in [1.165, 1.54) is 0 Å². The van der Waals surface area contributed by atoms with Crippen LogP contribution in [0.2, 0.25) is 0 Å². The molecule has 6 heteroatoms. The molecule has 0 bridgehead atoms. The lowest BCUT2D eigenvalue weighted by atomic mass is 9.90. The van der Waals surface area contributed by atoms with Crippen LogP contribution in [0.5, 0.6) is 0 Å². The minimum absolute atomic E-state index is 0.187. The van der Waals surface area contributed by atoms with Crippen molar-refractivity contribution in [1.29, 1.82) is 0 Å². The molecule has 5 nitrogen and oxygen atoms in total. The van der Waals surface area contributed by atoms with Gasteiger partial charge in [0, 0.05) is 18.0 Å². The number of likely N-dealkylation sites (tertiary alicyclic amines) is 1. The van der Waals surface area contributed by atoms with Gasteiger partial charge in [-0.3, -0.25) is 4.79 Å². The van der Waals surface area contributed by atoms with Crippen LogP contribution in [0.15, 0.2) is 17.5 Å². The number of rotatable bonds is 3. The second kappa shape index (κ2) is 4.97. The smallest absolute Gasteiger partial charge is 0.317 e. The molecule has 2 heterocycles. The van der Waals surface area contributed by atoms with E-state index in [1.54, 1.807) is 23.2 Å². The molecular weight excluding hydrogens is 252 g/mol. The zero-order valence-corrected chi connectivity index (χ0v) is 11.0. The third-order valence-corrected chi connectivity index (χ3v) is 4.15. The van der Waals surface area contributed by atoms with Crippen molar-refractivity contribution in [2.45, 2.75) is 19.9 Å². The third kappa shape index (κ3) is 2.64. The van der Waals surface area contributed by atoms with E-state index in [1.807, 2.05) is 17.5 Å². The lowest BCUT2D eigenvalue weighted by molar-refractivity contribution is -0.146. The van der Waals surface area contributed by atoms with Crippen molar-refractivity contribution in [3.8, 4) is 0 Å². The van der Waals surface area contributed by atoms with Crippen molar-refractivity contribution >= 4 is 23.3 Å². The molecule has 0 radical (unpaired) electrons. The molecule has 98 valence electrons. The highest BCUT2D eigenvalue weighted by Gasteiger charge is 2.42. The minimum atomic E-state index is -0.837. The molecule has 1 fully saturated rings. The number of urea groups is 1. The molecule has 1 unspecified atom stereocenters. The fourth-order valence-corrected chi connectivity index (χ4v) is 2.64. The lowest BCUT2D eigenvalue weighted by Crippen LogP contribution is -2.40. The molecule has 18 heavy (non-hydrogen) atoms. The Labute approximate surface area is 109 Å². The Hall–Kier alpha value is -1.56. The monoisotopic (exact) mass is 268 g/mol. The number of aliphatic carboxylic acids is 1. The summed E-state index contributed by atoms with van der Waals surface area (Å²) >= 11 is 1.58. The maximum Gasteiger partial charge on any atom is 0.317 e. The summed E-state index contributed by atoms with van der Waals surface area (Å²) in [6.45, 7) is 2.95. The van der Waals surface area contributed by atoms with E-state index in [-0.39, 0.29) is 12.6 Å². The van der Waals surface area contributed by atoms with Crippen LogP contribution in [-0.4, -0.2) is 35.1 Å². The number of carboxylic acid groups (broad SMARTS) is 1. The lowest BCUT2D eigenvalue weighted by Gasteiger charge is -2.20. The maximum absolute atomic E-state index is 11.9. The molecule has 2 N–H and O–H groups in total. The van der Waals surface area contributed by atoms with E-state index in [0.29, 0.717) is 19.5 Å². The van der Waals surface area contributed by atoms with Gasteiger partial charge in [0.25, 0.3) is 0 Å². The molecule has 2 rings (SSSR count). The van der Waals surface area contributed by atoms with E-state index in [9.17, 15) is 9.59 Å². The zero-order valence-electron chi connectivity index (χ0n) is 10.2. The maximum atomic E-state index is 11.9. The normalized spacial score (nSPS) is 23.1. The van der Waals surface area contributed by atoms with Gasteiger partial charge in [0.15, 0.2) is 0 Å². The summed E-state index contributed by atoms with van der Waals surface area (Å²) in [7, 11) is 0. The van der Waals surface area contributed by atoms with E-state index in [4.69, 9.17) is 5.11 Å². The molecule has 0 aromatic carbocycles. The molecule has 1 aromatic rings. The van der Waals surface area contributed by atoms with Crippen LogP contribution in [0.4, 0.5) is 4.79 Å². The predicted molar refractivity (Wildman–Crippen MR) is 68.5 cm³/mol. The first-order valence-electron chi connectivity index (χ1n) is 5.80. The second-order valence-corrected chi connectivity index (χ2v) is 5.81. The molecular formula is C12H16N2O3S. The summed E-state index contributed by atoms with van der Waals surface area (Å²) in [6, 6.07) is 3.70. The summed E-state index contributed by atoms with van der Waals surface area (Å²) < 4.78 is 0. The van der Waals surface area contributed by atoms with Crippen molar-refractivity contribution in [3.05, 3.63) is 22.4 Å². The largest absolute Gasteiger partial charge is 0.481 e. The number of carbonyl (C=O) groups excluding carboxylic acids is 1. The number of thiophene rings is 1. The fourth-order valence-electron chi connectivity index (χ4n) is 2.00.